The molecule has 0 aliphatic rings. The lowest BCUT2D eigenvalue weighted by Crippen LogP contribution is -2.35. The average molecular weight is 138 g/mol. The van der Waals surface area contributed by atoms with E-state index in [-0.39, 0.29) is 5.88 Å². The van der Waals surface area contributed by atoms with Gasteiger partial charge in [-0.1, -0.05) is 0 Å². The third-order valence-corrected chi connectivity index (χ3v) is 1.11. The van der Waals surface area contributed by atoms with Crippen LogP contribution in [0.1, 0.15) is 0 Å². The third-order valence-electron chi connectivity index (χ3n) is 0.801. The summed E-state index contributed by atoms with van der Waals surface area (Å²) in [5.74, 6) is -0.811. The fourth-order valence-corrected chi connectivity index (χ4v) is 0.553. The van der Waals surface area contributed by atoms with E-state index >= 15 is 0 Å². The van der Waals surface area contributed by atoms with E-state index in [1.54, 1.807) is 7.05 Å². The minimum atomic E-state index is -0.914. The van der Waals surface area contributed by atoms with E-state index in [0.29, 0.717) is 0 Å². The molecule has 4 heteroatoms. The standard InChI is InChI=1S/C4H8ClNO2/c1-6-3(2-5)4(7)8/h3,6H,2H2,1H3,(H,7,8)/t3-/m0/s1. The second kappa shape index (κ2) is 3.69. The summed E-state index contributed by atoms with van der Waals surface area (Å²) in [5.41, 5.74) is 0. The predicted octanol–water partition coefficient (Wildman–Crippen LogP) is -0.102. The largest absolute Gasteiger partial charge is 0.480 e. The second-order valence-corrected chi connectivity index (χ2v) is 1.64. The summed E-state index contributed by atoms with van der Waals surface area (Å²) < 4.78 is 0. The number of carboxylic acids is 1. The summed E-state index contributed by atoms with van der Waals surface area (Å²) in [7, 11) is 1.56. The molecule has 0 radical (unpaired) electrons. The molecule has 0 spiro atoms. The molecule has 0 aliphatic carbocycles. The van der Waals surface area contributed by atoms with E-state index in [0.717, 1.165) is 0 Å². The first kappa shape index (κ1) is 7.72. The van der Waals surface area contributed by atoms with Gasteiger partial charge in [-0.3, -0.25) is 4.79 Å². The van der Waals surface area contributed by atoms with E-state index in [4.69, 9.17) is 16.7 Å². The summed E-state index contributed by atoms with van der Waals surface area (Å²) >= 11 is 5.22. The highest BCUT2D eigenvalue weighted by molar-refractivity contribution is 6.19. The molecule has 0 unspecified atom stereocenters. The topological polar surface area (TPSA) is 49.3 Å². The van der Waals surface area contributed by atoms with Gasteiger partial charge in [0.2, 0.25) is 0 Å². The molecular weight excluding hydrogens is 130 g/mol. The summed E-state index contributed by atoms with van der Waals surface area (Å²) in [4.78, 5) is 10.0. The van der Waals surface area contributed by atoms with Gasteiger partial charge in [0.1, 0.15) is 6.04 Å². The van der Waals surface area contributed by atoms with Crippen molar-refractivity contribution in [1.82, 2.24) is 5.32 Å². The molecule has 8 heavy (non-hydrogen) atoms. The van der Waals surface area contributed by atoms with E-state index in [9.17, 15) is 4.79 Å². The van der Waals surface area contributed by atoms with Gasteiger partial charge in [0, 0.05) is 5.88 Å². The fourth-order valence-electron chi connectivity index (χ4n) is 0.267. The molecule has 3 nitrogen and oxygen atoms in total. The van der Waals surface area contributed by atoms with E-state index in [1.165, 1.54) is 0 Å². The number of rotatable bonds is 3. The first-order valence-corrected chi connectivity index (χ1v) is 2.72. The maximum Gasteiger partial charge on any atom is 0.321 e. The average Bonchev–Trinajstić information content (AvgIpc) is 1.69. The molecule has 0 aromatic carbocycles. The van der Waals surface area contributed by atoms with Crippen molar-refractivity contribution in [3.8, 4) is 0 Å². The van der Waals surface area contributed by atoms with Gasteiger partial charge in [0.05, 0.1) is 0 Å². The smallest absolute Gasteiger partial charge is 0.321 e. The summed E-state index contributed by atoms with van der Waals surface area (Å²) in [6.07, 6.45) is 0. The van der Waals surface area contributed by atoms with Gasteiger partial charge in [-0.25, -0.2) is 0 Å². The van der Waals surface area contributed by atoms with Crippen LogP contribution in [0.25, 0.3) is 0 Å². The summed E-state index contributed by atoms with van der Waals surface area (Å²) in [5, 5.41) is 10.7. The van der Waals surface area contributed by atoms with Crippen LogP contribution in [0.2, 0.25) is 0 Å². The van der Waals surface area contributed by atoms with Crippen molar-refractivity contribution >= 4 is 17.6 Å². The Morgan fingerprint density at radius 3 is 2.50 bits per heavy atom. The second-order valence-electron chi connectivity index (χ2n) is 1.33. The predicted molar refractivity (Wildman–Crippen MR) is 31.2 cm³/mol. The zero-order valence-corrected chi connectivity index (χ0v) is 5.27. The Morgan fingerprint density at radius 2 is 2.50 bits per heavy atom. The lowest BCUT2D eigenvalue weighted by atomic mass is 10.4. The zero-order chi connectivity index (χ0) is 6.57. The first-order valence-electron chi connectivity index (χ1n) is 2.18. The molecule has 0 heterocycles. The van der Waals surface area contributed by atoms with Crippen molar-refractivity contribution in [3.63, 3.8) is 0 Å². The zero-order valence-electron chi connectivity index (χ0n) is 4.52. The molecule has 0 aromatic heterocycles. The van der Waals surface area contributed by atoms with E-state index in [1.807, 2.05) is 0 Å². The van der Waals surface area contributed by atoms with Crippen molar-refractivity contribution in [3.05, 3.63) is 0 Å². The maximum atomic E-state index is 10.0. The van der Waals surface area contributed by atoms with Crippen molar-refractivity contribution in [1.29, 1.82) is 0 Å². The number of hydrogen-bond donors (Lipinski definition) is 2. The number of likely N-dealkylation sites (N-methyl/N-ethyl adjacent to an activating group) is 1. The Balaban J connectivity index is 3.52. The summed E-state index contributed by atoms with van der Waals surface area (Å²) in [6, 6.07) is -0.614. The molecule has 0 bridgehead atoms. The Kier molecular flexibility index (Phi) is 3.56. The van der Waals surface area contributed by atoms with Gasteiger partial charge in [-0.15, -0.1) is 11.6 Å². The van der Waals surface area contributed by atoms with Gasteiger partial charge in [0.25, 0.3) is 0 Å². The highest BCUT2D eigenvalue weighted by atomic mass is 35.5. The number of hydrogen-bond acceptors (Lipinski definition) is 2. The third kappa shape index (κ3) is 2.14. The van der Waals surface area contributed by atoms with E-state index in [2.05, 4.69) is 5.32 Å². The highest BCUT2D eigenvalue weighted by Crippen LogP contribution is 1.85. The van der Waals surface area contributed by atoms with E-state index < -0.39 is 12.0 Å². The molecular formula is C4H8ClNO2. The normalized spacial score (nSPS) is 13.2. The van der Waals surface area contributed by atoms with Crippen molar-refractivity contribution in [2.24, 2.45) is 0 Å². The van der Waals surface area contributed by atoms with Crippen LogP contribution >= 0.6 is 11.6 Å². The van der Waals surface area contributed by atoms with Crippen LogP contribution in [0.15, 0.2) is 0 Å². The molecule has 1 atom stereocenters. The molecule has 0 saturated carbocycles. The minimum Gasteiger partial charge on any atom is -0.480 e. The van der Waals surface area contributed by atoms with Crippen LogP contribution in [0.4, 0.5) is 0 Å². The van der Waals surface area contributed by atoms with Crippen LogP contribution in [0.3, 0.4) is 0 Å². The lowest BCUT2D eigenvalue weighted by Gasteiger charge is -2.03. The highest BCUT2D eigenvalue weighted by Gasteiger charge is 2.11. The maximum absolute atomic E-state index is 10.0. The van der Waals surface area contributed by atoms with Crippen LogP contribution < -0.4 is 5.32 Å². The Bertz CT molecular complexity index is 82.1. The Morgan fingerprint density at radius 1 is 2.00 bits per heavy atom. The first-order chi connectivity index (χ1) is 3.72. The Hall–Kier alpha value is -0.280. The molecule has 48 valence electrons. The minimum absolute atomic E-state index is 0.103. The fraction of sp³-hybridized carbons (Fsp3) is 0.750. The van der Waals surface area contributed by atoms with Crippen LogP contribution in [0, 0.1) is 0 Å². The van der Waals surface area contributed by atoms with Crippen molar-refractivity contribution in [2.45, 2.75) is 6.04 Å². The van der Waals surface area contributed by atoms with Gasteiger partial charge >= 0.3 is 5.97 Å². The number of alkyl halides is 1. The van der Waals surface area contributed by atoms with Crippen molar-refractivity contribution in [2.75, 3.05) is 12.9 Å². The van der Waals surface area contributed by atoms with Crippen LogP contribution in [-0.4, -0.2) is 30.0 Å². The molecule has 0 rings (SSSR count). The van der Waals surface area contributed by atoms with Crippen LogP contribution in [0.5, 0.6) is 0 Å². The number of carbonyl (C=O) groups is 1. The number of nitrogens with one attached hydrogen (secondary N) is 1. The molecule has 0 aromatic rings. The molecule has 0 aliphatic heterocycles. The number of carboxylic acid groups (broad SMARTS) is 1. The number of aliphatic carboxylic acids is 1. The molecule has 2 N–H and O–H groups in total. The Labute approximate surface area is 52.6 Å². The van der Waals surface area contributed by atoms with Gasteiger partial charge in [0.15, 0.2) is 0 Å². The molecule has 0 fully saturated rings. The molecule has 0 amide bonds. The molecule has 0 saturated heterocycles. The van der Waals surface area contributed by atoms with Gasteiger partial charge < -0.3 is 10.4 Å². The summed E-state index contributed by atoms with van der Waals surface area (Å²) in [6.45, 7) is 0. The quantitative estimate of drug-likeness (QED) is 0.534. The van der Waals surface area contributed by atoms with Crippen molar-refractivity contribution < 1.29 is 9.90 Å². The van der Waals surface area contributed by atoms with Crippen LogP contribution in [-0.2, 0) is 4.79 Å². The monoisotopic (exact) mass is 137 g/mol. The SMILES string of the molecule is CN[C@@H](CCl)C(=O)O. The van der Waals surface area contributed by atoms with Gasteiger partial charge in [-0.2, -0.15) is 0 Å². The lowest BCUT2D eigenvalue weighted by molar-refractivity contribution is -0.138. The number of halogens is 1. The van der Waals surface area contributed by atoms with Gasteiger partial charge in [-0.05, 0) is 7.05 Å².